The second-order valence-electron chi connectivity index (χ2n) is 7.61. The summed E-state index contributed by atoms with van der Waals surface area (Å²) < 4.78 is 28.5. The van der Waals surface area contributed by atoms with Crippen molar-refractivity contribution in [3.63, 3.8) is 0 Å². The molecule has 1 atom stereocenters. The SMILES string of the molecule is COCCN(C)c1nc(C(N)c2ccc(S(N)(=O)=O)cc2)c2c(-c3ccccc3)csc2n1. The zero-order valence-electron chi connectivity index (χ0n) is 18.3. The highest BCUT2D eigenvalue weighted by Crippen LogP contribution is 2.38. The van der Waals surface area contributed by atoms with Crippen molar-refractivity contribution in [2.45, 2.75) is 10.9 Å². The number of primary sulfonamides is 1. The van der Waals surface area contributed by atoms with Crippen molar-refractivity contribution in [2.24, 2.45) is 10.9 Å². The van der Waals surface area contributed by atoms with Gasteiger partial charge < -0.3 is 15.4 Å². The monoisotopic (exact) mass is 483 g/mol. The van der Waals surface area contributed by atoms with E-state index < -0.39 is 16.1 Å². The van der Waals surface area contributed by atoms with Gasteiger partial charge in [-0.1, -0.05) is 42.5 Å². The third-order valence-corrected chi connectivity index (χ3v) is 7.17. The minimum absolute atomic E-state index is 0.0341. The molecule has 0 aliphatic carbocycles. The summed E-state index contributed by atoms with van der Waals surface area (Å²) in [5.41, 5.74) is 10.2. The van der Waals surface area contributed by atoms with Crippen LogP contribution in [0.3, 0.4) is 0 Å². The van der Waals surface area contributed by atoms with E-state index in [1.807, 2.05) is 42.3 Å². The lowest BCUT2D eigenvalue weighted by Crippen LogP contribution is -2.25. The fourth-order valence-corrected chi connectivity index (χ4v) is 5.00. The van der Waals surface area contributed by atoms with E-state index in [2.05, 4.69) is 5.38 Å². The van der Waals surface area contributed by atoms with Gasteiger partial charge in [0.25, 0.3) is 0 Å². The van der Waals surface area contributed by atoms with E-state index in [0.717, 1.165) is 26.9 Å². The van der Waals surface area contributed by atoms with E-state index in [4.69, 9.17) is 25.6 Å². The Kier molecular flexibility index (Phi) is 6.73. The number of hydrogen-bond acceptors (Lipinski definition) is 8. The smallest absolute Gasteiger partial charge is 0.238 e. The Morgan fingerprint density at radius 1 is 1.09 bits per heavy atom. The molecule has 0 aliphatic heterocycles. The van der Waals surface area contributed by atoms with Crippen LogP contribution >= 0.6 is 11.3 Å². The maximum Gasteiger partial charge on any atom is 0.238 e. The van der Waals surface area contributed by atoms with Gasteiger partial charge >= 0.3 is 0 Å². The van der Waals surface area contributed by atoms with Gasteiger partial charge in [-0.05, 0) is 23.3 Å². The van der Waals surface area contributed by atoms with Crippen molar-refractivity contribution in [3.8, 4) is 11.1 Å². The van der Waals surface area contributed by atoms with Crippen LogP contribution in [0.15, 0.2) is 64.9 Å². The van der Waals surface area contributed by atoms with Gasteiger partial charge in [0.1, 0.15) is 4.83 Å². The lowest BCUT2D eigenvalue weighted by molar-refractivity contribution is 0.206. The minimum atomic E-state index is -3.79. The van der Waals surface area contributed by atoms with Crippen LogP contribution in [0, 0.1) is 0 Å². The van der Waals surface area contributed by atoms with Crippen molar-refractivity contribution in [3.05, 3.63) is 71.2 Å². The Balaban J connectivity index is 1.86. The molecule has 2 aromatic heterocycles. The van der Waals surface area contributed by atoms with E-state index in [1.165, 1.54) is 23.5 Å². The number of fused-ring (bicyclic) bond motifs is 1. The van der Waals surface area contributed by atoms with Gasteiger partial charge in [0.15, 0.2) is 0 Å². The number of thiophene rings is 1. The summed E-state index contributed by atoms with van der Waals surface area (Å²) in [7, 11) is -0.235. The van der Waals surface area contributed by atoms with Crippen LogP contribution in [0.5, 0.6) is 0 Å². The Morgan fingerprint density at radius 3 is 2.42 bits per heavy atom. The normalized spacial score (nSPS) is 12.7. The summed E-state index contributed by atoms with van der Waals surface area (Å²) in [5.74, 6) is 0.549. The molecular formula is C23H25N5O3S2. The molecular weight excluding hydrogens is 458 g/mol. The maximum atomic E-state index is 11.6. The third-order valence-electron chi connectivity index (χ3n) is 5.37. The number of benzene rings is 2. The Labute approximate surface area is 196 Å². The number of likely N-dealkylation sites (N-methyl/N-ethyl adjacent to an activating group) is 1. The molecule has 2 heterocycles. The first-order valence-electron chi connectivity index (χ1n) is 10.2. The lowest BCUT2D eigenvalue weighted by Gasteiger charge is -2.20. The molecule has 8 nitrogen and oxygen atoms in total. The Morgan fingerprint density at radius 2 is 1.79 bits per heavy atom. The molecule has 4 aromatic rings. The quantitative estimate of drug-likeness (QED) is 0.394. The lowest BCUT2D eigenvalue weighted by atomic mass is 9.98. The summed E-state index contributed by atoms with van der Waals surface area (Å²) in [6.45, 7) is 1.16. The second kappa shape index (κ2) is 9.54. The zero-order valence-corrected chi connectivity index (χ0v) is 19.9. The largest absolute Gasteiger partial charge is 0.383 e. The van der Waals surface area contributed by atoms with Gasteiger partial charge in [-0.2, -0.15) is 0 Å². The number of rotatable bonds is 8. The van der Waals surface area contributed by atoms with Gasteiger partial charge in [0.05, 0.1) is 23.2 Å². The number of hydrogen-bond donors (Lipinski definition) is 2. The Hall–Kier alpha value is -2.89. The number of aromatic nitrogens is 2. The van der Waals surface area contributed by atoms with Crippen LogP contribution in [-0.4, -0.2) is 45.7 Å². The first kappa shape index (κ1) is 23.3. The maximum absolute atomic E-state index is 11.6. The number of nitrogens with zero attached hydrogens (tertiary/aromatic N) is 3. The average Bonchev–Trinajstić information content (AvgIpc) is 3.25. The van der Waals surface area contributed by atoms with E-state index in [-0.39, 0.29) is 4.90 Å². The molecule has 10 heteroatoms. The van der Waals surface area contributed by atoms with Crippen molar-refractivity contribution in [1.29, 1.82) is 0 Å². The fraction of sp³-hybridized carbons (Fsp3) is 0.217. The van der Waals surface area contributed by atoms with Gasteiger partial charge in [-0.3, -0.25) is 0 Å². The predicted octanol–water partition coefficient (Wildman–Crippen LogP) is 3.14. The van der Waals surface area contributed by atoms with Crippen molar-refractivity contribution in [2.75, 3.05) is 32.2 Å². The number of methoxy groups -OCH3 is 1. The van der Waals surface area contributed by atoms with Gasteiger partial charge in [-0.15, -0.1) is 11.3 Å². The van der Waals surface area contributed by atoms with E-state index >= 15 is 0 Å². The van der Waals surface area contributed by atoms with Crippen molar-refractivity contribution < 1.29 is 13.2 Å². The molecule has 4 N–H and O–H groups in total. The highest BCUT2D eigenvalue weighted by molar-refractivity contribution is 7.89. The van der Waals surface area contributed by atoms with E-state index in [1.54, 1.807) is 19.2 Å². The highest BCUT2D eigenvalue weighted by atomic mass is 32.2. The summed E-state index contributed by atoms with van der Waals surface area (Å²) in [5, 5.41) is 8.19. The molecule has 0 bridgehead atoms. The van der Waals surface area contributed by atoms with Gasteiger partial charge in [0.2, 0.25) is 16.0 Å². The number of anilines is 1. The van der Waals surface area contributed by atoms with Crippen molar-refractivity contribution >= 4 is 37.5 Å². The Bertz CT molecular complexity index is 1360. The van der Waals surface area contributed by atoms with Crippen LogP contribution in [-0.2, 0) is 14.8 Å². The minimum Gasteiger partial charge on any atom is -0.383 e. The molecule has 2 aromatic carbocycles. The summed E-state index contributed by atoms with van der Waals surface area (Å²) >= 11 is 1.54. The fourth-order valence-electron chi connectivity index (χ4n) is 3.53. The molecule has 4 rings (SSSR count). The third kappa shape index (κ3) is 4.90. The number of nitrogens with two attached hydrogens (primary N) is 2. The van der Waals surface area contributed by atoms with Crippen LogP contribution in [0.25, 0.3) is 21.3 Å². The highest BCUT2D eigenvalue weighted by Gasteiger charge is 2.22. The zero-order chi connectivity index (χ0) is 23.6. The van der Waals surface area contributed by atoms with Gasteiger partial charge in [-0.25, -0.2) is 23.5 Å². The first-order valence-corrected chi connectivity index (χ1v) is 12.6. The molecule has 0 aliphatic rings. The molecule has 1 unspecified atom stereocenters. The summed E-state index contributed by atoms with van der Waals surface area (Å²) in [4.78, 5) is 12.4. The topological polar surface area (TPSA) is 124 Å². The van der Waals surface area contributed by atoms with Gasteiger partial charge in [0, 0.05) is 37.0 Å². The van der Waals surface area contributed by atoms with Crippen LogP contribution in [0.1, 0.15) is 17.3 Å². The molecule has 33 heavy (non-hydrogen) atoms. The average molecular weight is 484 g/mol. The van der Waals surface area contributed by atoms with Crippen molar-refractivity contribution in [1.82, 2.24) is 9.97 Å². The molecule has 0 saturated carbocycles. The standard InChI is InChI=1S/C23H25N5O3S2/c1-28(12-13-31-2)23-26-21(20(24)16-8-10-17(11-9-16)33(25,29)30)19-18(14-32-22(19)27-23)15-6-4-3-5-7-15/h3-11,14,20H,12-13,24H2,1-2H3,(H2,25,29,30). The van der Waals surface area contributed by atoms with E-state index in [9.17, 15) is 8.42 Å². The second-order valence-corrected chi connectivity index (χ2v) is 10.0. The molecule has 172 valence electrons. The molecule has 0 radical (unpaired) electrons. The summed E-state index contributed by atoms with van der Waals surface area (Å²) in [6, 6.07) is 15.7. The molecule has 0 spiro atoms. The van der Waals surface area contributed by atoms with Crippen LogP contribution in [0.4, 0.5) is 5.95 Å². The van der Waals surface area contributed by atoms with E-state index in [0.29, 0.717) is 24.8 Å². The first-order chi connectivity index (χ1) is 15.8. The molecule has 0 fully saturated rings. The summed E-state index contributed by atoms with van der Waals surface area (Å²) in [6.07, 6.45) is 0. The predicted molar refractivity (Wildman–Crippen MR) is 132 cm³/mol. The molecule has 0 saturated heterocycles. The number of ether oxygens (including phenoxy) is 1. The molecule has 0 amide bonds. The van der Waals surface area contributed by atoms with Crippen LogP contribution < -0.4 is 15.8 Å². The number of sulfonamides is 1. The van der Waals surface area contributed by atoms with Crippen LogP contribution in [0.2, 0.25) is 0 Å².